The van der Waals surface area contributed by atoms with Gasteiger partial charge in [0.05, 0.1) is 24.5 Å². The molecule has 37 heavy (non-hydrogen) atoms. The van der Waals surface area contributed by atoms with Crippen molar-refractivity contribution in [1.29, 1.82) is 0 Å². The van der Waals surface area contributed by atoms with Crippen LogP contribution in [0, 0.1) is 0 Å². The number of alkyl carbamates (subject to hydrolysis) is 1. The molecule has 3 heterocycles. The van der Waals surface area contributed by atoms with Crippen LogP contribution in [0.15, 0.2) is 30.6 Å². The van der Waals surface area contributed by atoms with Gasteiger partial charge in [0.1, 0.15) is 18.0 Å². The molecule has 1 aliphatic rings. The molecule has 2 aromatic heterocycles. The summed E-state index contributed by atoms with van der Waals surface area (Å²) in [5.74, 6) is 0.636. The van der Waals surface area contributed by atoms with E-state index in [1.54, 1.807) is 12.4 Å². The van der Waals surface area contributed by atoms with Crippen LogP contribution in [0.2, 0.25) is 0 Å². The third-order valence-corrected chi connectivity index (χ3v) is 5.76. The molecule has 0 radical (unpaired) electrons. The Balaban J connectivity index is 1.30. The molecule has 1 fully saturated rings. The molecule has 1 aromatic carbocycles. The summed E-state index contributed by atoms with van der Waals surface area (Å²) in [6.07, 6.45) is 7.53. The van der Waals surface area contributed by atoms with E-state index >= 15 is 0 Å². The molecule has 4 rings (SSSR count). The molecule has 0 spiro atoms. The third-order valence-electron chi connectivity index (χ3n) is 5.76. The Kier molecular flexibility index (Phi) is 9.24. The lowest BCUT2D eigenvalue weighted by Crippen LogP contribution is -2.33. The maximum atomic E-state index is 11.7. The molecule has 11 heteroatoms. The van der Waals surface area contributed by atoms with E-state index in [9.17, 15) is 4.79 Å². The molecule has 3 aromatic rings. The fourth-order valence-electron chi connectivity index (χ4n) is 4.02. The summed E-state index contributed by atoms with van der Waals surface area (Å²) < 4.78 is 24.8. The lowest BCUT2D eigenvalue weighted by Gasteiger charge is -2.23. The smallest absolute Gasteiger partial charge is 0.407 e. The number of amides is 1. The number of unbranched alkanes of at least 4 members (excludes halogenated alkanes) is 1. The summed E-state index contributed by atoms with van der Waals surface area (Å²) in [4.78, 5) is 11.7. The van der Waals surface area contributed by atoms with Crippen LogP contribution < -0.4 is 10.1 Å². The summed E-state index contributed by atoms with van der Waals surface area (Å²) in [5, 5.41) is 19.4. The first-order valence-corrected chi connectivity index (χ1v) is 12.9. The molecule has 0 saturated carbocycles. The predicted molar refractivity (Wildman–Crippen MR) is 137 cm³/mol. The van der Waals surface area contributed by atoms with Gasteiger partial charge in [-0.3, -0.25) is 0 Å². The molecule has 1 N–H and O–H groups in total. The highest BCUT2D eigenvalue weighted by Crippen LogP contribution is 2.34. The molecule has 1 atom stereocenters. The highest BCUT2D eigenvalue weighted by molar-refractivity contribution is 5.87. The van der Waals surface area contributed by atoms with Crippen molar-refractivity contribution < 1.29 is 23.7 Å². The van der Waals surface area contributed by atoms with Gasteiger partial charge < -0.3 is 24.3 Å². The Morgan fingerprint density at radius 1 is 1.14 bits per heavy atom. The summed E-state index contributed by atoms with van der Waals surface area (Å²) in [5.41, 5.74) is 2.92. The molecule has 11 nitrogen and oxygen atoms in total. The second-order valence-corrected chi connectivity index (χ2v) is 9.93. The van der Waals surface area contributed by atoms with Crippen LogP contribution >= 0.6 is 0 Å². The first kappa shape index (κ1) is 26.7. The van der Waals surface area contributed by atoms with Gasteiger partial charge in [-0.05, 0) is 76.6 Å². The zero-order valence-electron chi connectivity index (χ0n) is 21.8. The van der Waals surface area contributed by atoms with E-state index in [2.05, 4.69) is 25.8 Å². The molecular weight excluding hydrogens is 476 g/mol. The summed E-state index contributed by atoms with van der Waals surface area (Å²) in [6, 6.07) is 5.89. The Morgan fingerprint density at radius 2 is 2.03 bits per heavy atom. The highest BCUT2D eigenvalue weighted by atomic mass is 16.6. The minimum atomic E-state index is -0.495. The van der Waals surface area contributed by atoms with Crippen LogP contribution in [-0.4, -0.2) is 69.9 Å². The van der Waals surface area contributed by atoms with E-state index < -0.39 is 11.7 Å². The maximum absolute atomic E-state index is 11.7. The van der Waals surface area contributed by atoms with Crippen LogP contribution in [0.5, 0.6) is 5.75 Å². The highest BCUT2D eigenvalue weighted by Gasteiger charge is 2.22. The second-order valence-electron chi connectivity index (χ2n) is 9.93. The summed E-state index contributed by atoms with van der Waals surface area (Å²) in [6.45, 7) is 8.17. The lowest BCUT2D eigenvalue weighted by atomic mass is 10.1. The first-order valence-electron chi connectivity index (χ1n) is 12.9. The van der Waals surface area contributed by atoms with Crippen LogP contribution in [0.4, 0.5) is 4.79 Å². The number of rotatable bonds is 11. The topological polar surface area (TPSA) is 123 Å². The van der Waals surface area contributed by atoms with Gasteiger partial charge in [-0.15, -0.1) is 5.10 Å². The van der Waals surface area contributed by atoms with Gasteiger partial charge in [0.25, 0.3) is 0 Å². The molecule has 200 valence electrons. The molecule has 1 aliphatic heterocycles. The molecule has 1 saturated heterocycles. The van der Waals surface area contributed by atoms with Gasteiger partial charge in [-0.25, -0.2) is 9.48 Å². The monoisotopic (exact) mass is 512 g/mol. The number of hydrogen-bond donors (Lipinski definition) is 1. The Hall–Kier alpha value is -3.31. The number of carbonyl (C=O) groups is 1. The van der Waals surface area contributed by atoms with Crippen molar-refractivity contribution in [2.75, 3.05) is 33.0 Å². The quantitative estimate of drug-likeness (QED) is 0.375. The van der Waals surface area contributed by atoms with Gasteiger partial charge >= 0.3 is 6.09 Å². The second kappa shape index (κ2) is 12.8. The normalized spacial score (nSPS) is 16.0. The molecule has 1 amide bonds. The van der Waals surface area contributed by atoms with Crippen molar-refractivity contribution in [1.82, 2.24) is 30.5 Å². The summed E-state index contributed by atoms with van der Waals surface area (Å²) in [7, 11) is 0. The van der Waals surface area contributed by atoms with Gasteiger partial charge in [0, 0.05) is 25.3 Å². The maximum Gasteiger partial charge on any atom is 0.407 e. The number of fused-ring (bicyclic) bond motifs is 1. The number of benzene rings is 1. The summed E-state index contributed by atoms with van der Waals surface area (Å²) >= 11 is 0. The minimum Gasteiger partial charge on any atom is -0.489 e. The van der Waals surface area contributed by atoms with E-state index in [0.29, 0.717) is 37.6 Å². The molecule has 0 aliphatic carbocycles. The number of ether oxygens (including phenoxy) is 4. The predicted octanol–water partition coefficient (Wildman–Crippen LogP) is 4.29. The van der Waals surface area contributed by atoms with Crippen molar-refractivity contribution in [3.63, 3.8) is 0 Å². The standard InChI is InChI=1S/C26H36N6O5/c1-26(2,3)37-25(33)27-10-5-7-12-34-14-15-35-22-17-20(19-9-11-28-29-18-19)16-21-24(22)30-31-32(21)23-8-4-6-13-36-23/h9,11,16-18,23H,4-8,10,12-15H2,1-3H3,(H,27,33). The number of carbonyl (C=O) groups excluding carboxylic acids is 1. The largest absolute Gasteiger partial charge is 0.489 e. The van der Waals surface area contributed by atoms with Crippen LogP contribution in [-0.2, 0) is 14.2 Å². The van der Waals surface area contributed by atoms with E-state index in [4.69, 9.17) is 18.9 Å². The number of nitrogens with one attached hydrogen (secondary N) is 1. The fourth-order valence-corrected chi connectivity index (χ4v) is 4.02. The van der Waals surface area contributed by atoms with Crippen molar-refractivity contribution in [3.05, 3.63) is 30.6 Å². The number of hydrogen-bond acceptors (Lipinski definition) is 9. The van der Waals surface area contributed by atoms with Crippen LogP contribution in [0.25, 0.3) is 22.2 Å². The van der Waals surface area contributed by atoms with E-state index in [1.807, 2.05) is 43.7 Å². The lowest BCUT2D eigenvalue weighted by molar-refractivity contribution is -0.0377. The number of aromatic nitrogens is 5. The molecule has 0 bridgehead atoms. The van der Waals surface area contributed by atoms with Gasteiger partial charge in [-0.1, -0.05) is 5.21 Å². The van der Waals surface area contributed by atoms with Crippen molar-refractivity contribution in [2.24, 2.45) is 0 Å². The van der Waals surface area contributed by atoms with Gasteiger partial charge in [-0.2, -0.15) is 10.2 Å². The average Bonchev–Trinajstić information content (AvgIpc) is 3.32. The Labute approximate surface area is 216 Å². The van der Waals surface area contributed by atoms with E-state index in [1.165, 1.54) is 0 Å². The van der Waals surface area contributed by atoms with Gasteiger partial charge in [0.2, 0.25) is 0 Å². The SMILES string of the molecule is CC(C)(C)OC(=O)NCCCCOCCOc1cc(-c2ccnnc2)cc2c1nnn2C1CCCCO1. The van der Waals surface area contributed by atoms with Crippen molar-refractivity contribution in [3.8, 4) is 16.9 Å². The number of nitrogens with zero attached hydrogens (tertiary/aromatic N) is 5. The fraction of sp³-hybridized carbons (Fsp3) is 0.577. The first-order chi connectivity index (χ1) is 17.9. The third kappa shape index (κ3) is 7.83. The Bertz CT molecular complexity index is 1140. The van der Waals surface area contributed by atoms with Crippen molar-refractivity contribution >= 4 is 17.1 Å². The Morgan fingerprint density at radius 3 is 2.78 bits per heavy atom. The van der Waals surface area contributed by atoms with Crippen LogP contribution in [0.3, 0.4) is 0 Å². The van der Waals surface area contributed by atoms with Crippen molar-refractivity contribution in [2.45, 2.75) is 64.7 Å². The zero-order valence-corrected chi connectivity index (χ0v) is 21.8. The van der Waals surface area contributed by atoms with E-state index in [0.717, 1.165) is 55.4 Å². The van der Waals surface area contributed by atoms with Crippen LogP contribution in [0.1, 0.15) is 59.1 Å². The molecular formula is C26H36N6O5. The van der Waals surface area contributed by atoms with Gasteiger partial charge in [0.15, 0.2) is 11.7 Å². The minimum absolute atomic E-state index is 0.134. The molecule has 1 unspecified atom stereocenters. The average molecular weight is 513 g/mol. The zero-order chi connectivity index (χ0) is 26.1. The van der Waals surface area contributed by atoms with E-state index in [-0.39, 0.29) is 6.23 Å².